The van der Waals surface area contributed by atoms with Crippen molar-refractivity contribution in [2.75, 3.05) is 32.9 Å². The van der Waals surface area contributed by atoms with Gasteiger partial charge in [0.1, 0.15) is 11.3 Å². The van der Waals surface area contributed by atoms with Gasteiger partial charge >= 0.3 is 0 Å². The van der Waals surface area contributed by atoms with Gasteiger partial charge in [0.05, 0.1) is 19.8 Å². The molecule has 2 aliphatic heterocycles. The van der Waals surface area contributed by atoms with E-state index >= 15 is 0 Å². The van der Waals surface area contributed by atoms with Gasteiger partial charge in [-0.05, 0) is 18.2 Å². The third-order valence-electron chi connectivity index (χ3n) is 5.06. The molecule has 0 aromatic carbocycles. The number of nitrogens with zero attached hydrogens (tertiary/aromatic N) is 3. The normalized spacial score (nSPS) is 27.5. The molecule has 0 radical (unpaired) electrons. The van der Waals surface area contributed by atoms with E-state index < -0.39 is 0 Å². The number of aryl methyl sites for hydroxylation is 1. The fourth-order valence-electron chi connectivity index (χ4n) is 3.63. The third-order valence-corrected chi connectivity index (χ3v) is 5.06. The highest BCUT2D eigenvalue weighted by molar-refractivity contribution is 5.94. The van der Waals surface area contributed by atoms with Gasteiger partial charge in [-0.1, -0.05) is 0 Å². The van der Waals surface area contributed by atoms with Crippen molar-refractivity contribution in [3.8, 4) is 0 Å². The number of carbonyl (C=O) groups excluding carboxylic acids is 1. The van der Waals surface area contributed by atoms with E-state index in [0.717, 1.165) is 11.0 Å². The van der Waals surface area contributed by atoms with Crippen molar-refractivity contribution in [1.82, 2.24) is 14.5 Å². The lowest BCUT2D eigenvalue weighted by Crippen LogP contribution is -2.36. The van der Waals surface area contributed by atoms with E-state index in [1.165, 1.54) is 0 Å². The number of hydrogen-bond donors (Lipinski definition) is 1. The Bertz CT molecular complexity index is 741. The lowest BCUT2D eigenvalue weighted by Gasteiger charge is -2.24. The fourth-order valence-corrected chi connectivity index (χ4v) is 3.63. The van der Waals surface area contributed by atoms with Crippen molar-refractivity contribution < 1.29 is 14.6 Å². The Morgan fingerprint density at radius 3 is 3.14 bits per heavy atom. The summed E-state index contributed by atoms with van der Waals surface area (Å²) in [6, 6.07) is 5.69. The molecule has 1 N–H and O–H groups in total. The molecular formula is C16H19N3O3. The van der Waals surface area contributed by atoms with Crippen molar-refractivity contribution in [3.63, 3.8) is 0 Å². The quantitative estimate of drug-likeness (QED) is 0.884. The number of pyridine rings is 1. The largest absolute Gasteiger partial charge is 0.396 e. The number of likely N-dealkylation sites (tertiary alicyclic amines) is 1. The van der Waals surface area contributed by atoms with Crippen LogP contribution in [0.2, 0.25) is 0 Å². The van der Waals surface area contributed by atoms with Crippen molar-refractivity contribution in [2.24, 2.45) is 18.4 Å². The van der Waals surface area contributed by atoms with E-state index in [4.69, 9.17) is 4.74 Å². The van der Waals surface area contributed by atoms with Gasteiger partial charge in [0.25, 0.3) is 5.91 Å². The third kappa shape index (κ3) is 1.87. The van der Waals surface area contributed by atoms with Crippen molar-refractivity contribution in [1.29, 1.82) is 0 Å². The zero-order valence-electron chi connectivity index (χ0n) is 12.5. The molecule has 6 heteroatoms. The molecule has 0 unspecified atom stereocenters. The summed E-state index contributed by atoms with van der Waals surface area (Å²) in [4.78, 5) is 19.1. The van der Waals surface area contributed by atoms with Gasteiger partial charge in [-0.3, -0.25) is 4.79 Å². The molecule has 2 fully saturated rings. The fraction of sp³-hybridized carbons (Fsp3) is 0.500. The van der Waals surface area contributed by atoms with Crippen molar-refractivity contribution in [2.45, 2.75) is 0 Å². The Morgan fingerprint density at radius 1 is 1.50 bits per heavy atom. The van der Waals surface area contributed by atoms with Crippen LogP contribution in [0.5, 0.6) is 0 Å². The molecule has 22 heavy (non-hydrogen) atoms. The summed E-state index contributed by atoms with van der Waals surface area (Å²) >= 11 is 0. The number of rotatable bonds is 2. The molecule has 2 aliphatic rings. The molecule has 2 atom stereocenters. The molecule has 1 amide bonds. The van der Waals surface area contributed by atoms with Gasteiger partial charge < -0.3 is 19.3 Å². The van der Waals surface area contributed by atoms with Crippen molar-refractivity contribution in [3.05, 3.63) is 30.1 Å². The highest BCUT2D eigenvalue weighted by Gasteiger charge is 2.51. The predicted molar refractivity (Wildman–Crippen MR) is 80.4 cm³/mol. The molecule has 0 aliphatic carbocycles. The maximum Gasteiger partial charge on any atom is 0.272 e. The molecule has 2 aromatic heterocycles. The van der Waals surface area contributed by atoms with E-state index in [1.54, 1.807) is 11.0 Å². The monoisotopic (exact) mass is 301 g/mol. The van der Waals surface area contributed by atoms with E-state index in [1.807, 2.05) is 29.9 Å². The molecule has 4 heterocycles. The highest BCUT2D eigenvalue weighted by Crippen LogP contribution is 2.41. The number of aliphatic hydroxyl groups is 1. The number of carbonyl (C=O) groups is 1. The van der Waals surface area contributed by atoms with Crippen LogP contribution in [-0.4, -0.2) is 58.4 Å². The van der Waals surface area contributed by atoms with Crippen LogP contribution in [-0.2, 0) is 11.8 Å². The Balaban J connectivity index is 1.62. The van der Waals surface area contributed by atoms with Crippen LogP contribution in [0.1, 0.15) is 10.5 Å². The number of ether oxygens (including phenoxy) is 1. The summed E-state index contributed by atoms with van der Waals surface area (Å²) < 4.78 is 7.40. The summed E-state index contributed by atoms with van der Waals surface area (Å²) in [5.41, 5.74) is 0.985. The Hall–Kier alpha value is -1.92. The van der Waals surface area contributed by atoms with Gasteiger partial charge in [0.2, 0.25) is 0 Å². The van der Waals surface area contributed by atoms with Crippen LogP contribution in [0.15, 0.2) is 24.4 Å². The van der Waals surface area contributed by atoms with Crippen LogP contribution in [0, 0.1) is 11.3 Å². The Labute approximate surface area is 128 Å². The van der Waals surface area contributed by atoms with E-state index in [2.05, 4.69) is 4.98 Å². The summed E-state index contributed by atoms with van der Waals surface area (Å²) in [7, 11) is 1.92. The molecule has 0 bridgehead atoms. The molecular weight excluding hydrogens is 282 g/mol. The first kappa shape index (κ1) is 13.7. The lowest BCUT2D eigenvalue weighted by molar-refractivity contribution is 0.0627. The smallest absolute Gasteiger partial charge is 0.272 e. The molecule has 116 valence electrons. The predicted octanol–water partition coefficient (Wildman–Crippen LogP) is 0.654. The van der Waals surface area contributed by atoms with Crippen LogP contribution >= 0.6 is 0 Å². The summed E-state index contributed by atoms with van der Waals surface area (Å²) in [6.45, 7) is 2.38. The zero-order valence-corrected chi connectivity index (χ0v) is 12.5. The number of hydrogen-bond acceptors (Lipinski definition) is 4. The second-order valence-corrected chi connectivity index (χ2v) is 6.45. The Kier molecular flexibility index (Phi) is 2.99. The SMILES string of the molecule is Cn1ccc2ccc(C(=O)N3C[C@H]4COC[C@@]4(CO)C3)nc21. The topological polar surface area (TPSA) is 67.6 Å². The maximum atomic E-state index is 12.7. The second-order valence-electron chi connectivity index (χ2n) is 6.45. The van der Waals surface area contributed by atoms with Gasteiger partial charge in [-0.25, -0.2) is 4.98 Å². The van der Waals surface area contributed by atoms with Crippen LogP contribution in [0.25, 0.3) is 11.0 Å². The van der Waals surface area contributed by atoms with Gasteiger partial charge in [0, 0.05) is 43.1 Å². The molecule has 2 saturated heterocycles. The zero-order chi connectivity index (χ0) is 15.3. The molecule has 6 nitrogen and oxygen atoms in total. The Morgan fingerprint density at radius 2 is 2.36 bits per heavy atom. The number of fused-ring (bicyclic) bond motifs is 2. The standard InChI is InChI=1S/C16H19N3O3/c1-18-5-4-11-2-3-13(17-14(11)18)15(21)19-6-12-7-22-10-16(12,8-19)9-20/h2-5,12,20H,6-10H2,1H3/t12-,16-/m0/s1. The van der Waals surface area contributed by atoms with E-state index in [9.17, 15) is 9.90 Å². The summed E-state index contributed by atoms with van der Waals surface area (Å²) in [5.74, 6) is 0.158. The average molecular weight is 301 g/mol. The maximum absolute atomic E-state index is 12.7. The number of aromatic nitrogens is 2. The average Bonchev–Trinajstić information content (AvgIpc) is 3.19. The lowest BCUT2D eigenvalue weighted by atomic mass is 9.82. The van der Waals surface area contributed by atoms with Crippen molar-refractivity contribution >= 4 is 16.9 Å². The molecule has 0 spiro atoms. The van der Waals surface area contributed by atoms with Crippen LogP contribution in [0.3, 0.4) is 0 Å². The van der Waals surface area contributed by atoms with Crippen LogP contribution in [0.4, 0.5) is 0 Å². The number of aliphatic hydroxyl groups excluding tert-OH is 1. The summed E-state index contributed by atoms with van der Waals surface area (Å²) in [5, 5.41) is 10.7. The first-order valence-electron chi connectivity index (χ1n) is 7.53. The first-order valence-corrected chi connectivity index (χ1v) is 7.53. The molecule has 0 saturated carbocycles. The van der Waals surface area contributed by atoms with Gasteiger partial charge in [-0.15, -0.1) is 0 Å². The highest BCUT2D eigenvalue weighted by atomic mass is 16.5. The van der Waals surface area contributed by atoms with Gasteiger partial charge in [0.15, 0.2) is 0 Å². The number of amides is 1. The minimum Gasteiger partial charge on any atom is -0.396 e. The molecule has 4 rings (SSSR count). The van der Waals surface area contributed by atoms with Crippen LogP contribution < -0.4 is 0 Å². The minimum absolute atomic E-state index is 0.0612. The summed E-state index contributed by atoms with van der Waals surface area (Å²) in [6.07, 6.45) is 1.93. The molecule has 2 aromatic rings. The van der Waals surface area contributed by atoms with Gasteiger partial charge in [-0.2, -0.15) is 0 Å². The van der Waals surface area contributed by atoms with E-state index in [-0.39, 0.29) is 23.8 Å². The second kappa shape index (κ2) is 4.79. The first-order chi connectivity index (χ1) is 10.6. The minimum atomic E-state index is -0.287. The van der Waals surface area contributed by atoms with E-state index in [0.29, 0.717) is 32.0 Å².